The first-order valence-electron chi connectivity index (χ1n) is 5.82. The molecule has 2 aromatic carbocycles. The molecule has 18 heavy (non-hydrogen) atoms. The Morgan fingerprint density at radius 3 is 2.39 bits per heavy atom. The van der Waals surface area contributed by atoms with Crippen molar-refractivity contribution in [3.8, 4) is 0 Å². The van der Waals surface area contributed by atoms with E-state index in [1.807, 2.05) is 0 Å². The minimum absolute atomic E-state index is 0.197. The predicted octanol–water partition coefficient (Wildman–Crippen LogP) is 4.66. The van der Waals surface area contributed by atoms with Gasteiger partial charge in [0.25, 0.3) is 0 Å². The Morgan fingerprint density at radius 1 is 1.11 bits per heavy atom. The Hall–Kier alpha value is -1.10. The molecule has 2 rings (SSSR count). The summed E-state index contributed by atoms with van der Waals surface area (Å²) in [7, 11) is 0. The molecular formula is C15H15FIN. The minimum Gasteiger partial charge on any atom is -0.380 e. The fraction of sp³-hybridized carbons (Fsp3) is 0.200. The number of hydrogen-bond acceptors (Lipinski definition) is 1. The molecule has 0 unspecified atom stereocenters. The molecule has 1 nitrogen and oxygen atoms in total. The molecule has 0 aliphatic rings. The molecule has 3 heteroatoms. The lowest BCUT2D eigenvalue weighted by Crippen LogP contribution is -2.04. The first kappa shape index (κ1) is 13.3. The van der Waals surface area contributed by atoms with Crippen LogP contribution < -0.4 is 5.32 Å². The number of rotatable bonds is 3. The average Bonchev–Trinajstić information content (AvgIpc) is 2.31. The molecule has 2 aromatic rings. The molecule has 0 spiro atoms. The van der Waals surface area contributed by atoms with E-state index in [1.165, 1.54) is 28.8 Å². The van der Waals surface area contributed by atoms with E-state index >= 15 is 0 Å². The van der Waals surface area contributed by atoms with E-state index in [1.54, 1.807) is 6.07 Å². The summed E-state index contributed by atoms with van der Waals surface area (Å²) < 4.78 is 13.9. The van der Waals surface area contributed by atoms with Crippen LogP contribution in [0, 0.1) is 23.2 Å². The van der Waals surface area contributed by atoms with Crippen LogP contribution in [0.25, 0.3) is 0 Å². The van der Waals surface area contributed by atoms with Crippen LogP contribution >= 0.6 is 22.6 Å². The predicted molar refractivity (Wildman–Crippen MR) is 82.4 cm³/mol. The summed E-state index contributed by atoms with van der Waals surface area (Å²) in [5.74, 6) is -0.197. The first-order valence-corrected chi connectivity index (χ1v) is 6.90. The van der Waals surface area contributed by atoms with E-state index < -0.39 is 0 Å². The van der Waals surface area contributed by atoms with Crippen LogP contribution in [0.4, 0.5) is 10.1 Å². The summed E-state index contributed by atoms with van der Waals surface area (Å²) >= 11 is 2.14. The van der Waals surface area contributed by atoms with Gasteiger partial charge in [0, 0.05) is 15.8 Å². The highest BCUT2D eigenvalue weighted by molar-refractivity contribution is 14.1. The first-order chi connectivity index (χ1) is 8.58. The number of benzene rings is 2. The molecule has 0 fully saturated rings. The van der Waals surface area contributed by atoms with E-state index in [0.29, 0.717) is 0 Å². The Morgan fingerprint density at radius 2 is 1.78 bits per heavy atom. The third-order valence-electron chi connectivity index (χ3n) is 3.03. The number of hydrogen-bond donors (Lipinski definition) is 1. The summed E-state index contributed by atoms with van der Waals surface area (Å²) in [4.78, 5) is 0. The Labute approximate surface area is 121 Å². The van der Waals surface area contributed by atoms with Crippen LogP contribution in [-0.2, 0) is 6.54 Å². The lowest BCUT2D eigenvalue weighted by Gasteiger charge is -2.13. The third-order valence-corrected chi connectivity index (χ3v) is 3.92. The van der Waals surface area contributed by atoms with Crippen molar-refractivity contribution in [1.29, 1.82) is 0 Å². The van der Waals surface area contributed by atoms with Crippen LogP contribution in [0.1, 0.15) is 16.7 Å². The quantitative estimate of drug-likeness (QED) is 0.790. The van der Waals surface area contributed by atoms with Gasteiger partial charge < -0.3 is 5.32 Å². The van der Waals surface area contributed by atoms with E-state index in [-0.39, 0.29) is 5.82 Å². The summed E-state index contributed by atoms with van der Waals surface area (Å²) in [5.41, 5.74) is 4.83. The summed E-state index contributed by atoms with van der Waals surface area (Å²) in [6, 6.07) is 11.1. The molecule has 0 aromatic heterocycles. The van der Waals surface area contributed by atoms with Gasteiger partial charge in [-0.3, -0.25) is 0 Å². The zero-order valence-electron chi connectivity index (χ0n) is 10.4. The third kappa shape index (κ3) is 3.02. The van der Waals surface area contributed by atoms with Gasteiger partial charge in [-0.15, -0.1) is 0 Å². The van der Waals surface area contributed by atoms with Crippen molar-refractivity contribution in [2.75, 3.05) is 5.32 Å². The van der Waals surface area contributed by atoms with E-state index in [2.05, 4.69) is 60.0 Å². The van der Waals surface area contributed by atoms with Gasteiger partial charge in [-0.1, -0.05) is 18.2 Å². The molecule has 0 aliphatic heterocycles. The van der Waals surface area contributed by atoms with Gasteiger partial charge in [0.05, 0.1) is 0 Å². The topological polar surface area (TPSA) is 12.0 Å². The van der Waals surface area contributed by atoms with Gasteiger partial charge in [-0.2, -0.15) is 0 Å². The Kier molecular flexibility index (Phi) is 4.22. The molecule has 0 amide bonds. The van der Waals surface area contributed by atoms with E-state index in [9.17, 15) is 4.39 Å². The molecule has 0 radical (unpaired) electrons. The van der Waals surface area contributed by atoms with Gasteiger partial charge in [0.2, 0.25) is 0 Å². The van der Waals surface area contributed by atoms with Gasteiger partial charge in [0.1, 0.15) is 5.82 Å². The standard InChI is InChI=1S/C15H15FIN/c1-10-4-3-5-11(2)13(10)9-18-15-7-6-12(16)8-14(15)17/h3-8,18H,9H2,1-2H3. The van der Waals surface area contributed by atoms with E-state index in [0.717, 1.165) is 15.8 Å². The number of aryl methyl sites for hydroxylation is 2. The van der Waals surface area contributed by atoms with Crippen LogP contribution in [-0.4, -0.2) is 0 Å². The van der Waals surface area contributed by atoms with Gasteiger partial charge in [-0.05, 0) is 71.3 Å². The Balaban J connectivity index is 2.16. The maximum absolute atomic E-state index is 13.0. The maximum Gasteiger partial charge on any atom is 0.124 e. The van der Waals surface area contributed by atoms with Crippen molar-refractivity contribution in [1.82, 2.24) is 0 Å². The SMILES string of the molecule is Cc1cccc(C)c1CNc1ccc(F)cc1I. The van der Waals surface area contributed by atoms with Crippen molar-refractivity contribution in [3.63, 3.8) is 0 Å². The maximum atomic E-state index is 13.0. The molecule has 0 atom stereocenters. The second-order valence-electron chi connectivity index (χ2n) is 4.35. The monoisotopic (exact) mass is 355 g/mol. The van der Waals surface area contributed by atoms with Crippen molar-refractivity contribution >= 4 is 28.3 Å². The van der Waals surface area contributed by atoms with Crippen LogP contribution in [0.3, 0.4) is 0 Å². The second kappa shape index (κ2) is 5.69. The summed E-state index contributed by atoms with van der Waals surface area (Å²) in [5, 5.41) is 3.36. The van der Waals surface area contributed by atoms with Crippen molar-refractivity contribution < 1.29 is 4.39 Å². The van der Waals surface area contributed by atoms with Crippen LogP contribution in [0.5, 0.6) is 0 Å². The molecular weight excluding hydrogens is 340 g/mol. The van der Waals surface area contributed by atoms with Gasteiger partial charge in [0.15, 0.2) is 0 Å². The fourth-order valence-electron chi connectivity index (χ4n) is 1.94. The normalized spacial score (nSPS) is 10.4. The zero-order valence-corrected chi connectivity index (χ0v) is 12.6. The molecule has 0 saturated carbocycles. The Bertz CT molecular complexity index is 546. The van der Waals surface area contributed by atoms with Crippen molar-refractivity contribution in [2.45, 2.75) is 20.4 Å². The lowest BCUT2D eigenvalue weighted by molar-refractivity contribution is 0.627. The molecule has 0 aliphatic carbocycles. The van der Waals surface area contributed by atoms with Crippen LogP contribution in [0.15, 0.2) is 36.4 Å². The second-order valence-corrected chi connectivity index (χ2v) is 5.51. The van der Waals surface area contributed by atoms with E-state index in [4.69, 9.17) is 0 Å². The fourth-order valence-corrected chi connectivity index (χ4v) is 2.61. The molecule has 0 heterocycles. The number of halogens is 2. The van der Waals surface area contributed by atoms with Crippen molar-refractivity contribution in [3.05, 3.63) is 62.5 Å². The van der Waals surface area contributed by atoms with Gasteiger partial charge in [-0.25, -0.2) is 4.39 Å². The van der Waals surface area contributed by atoms with Gasteiger partial charge >= 0.3 is 0 Å². The summed E-state index contributed by atoms with van der Waals surface area (Å²) in [6.07, 6.45) is 0. The molecule has 94 valence electrons. The minimum atomic E-state index is -0.197. The van der Waals surface area contributed by atoms with Crippen molar-refractivity contribution in [2.24, 2.45) is 0 Å². The highest BCUT2D eigenvalue weighted by Crippen LogP contribution is 2.21. The molecule has 0 bridgehead atoms. The zero-order chi connectivity index (χ0) is 13.1. The number of anilines is 1. The average molecular weight is 355 g/mol. The van der Waals surface area contributed by atoms with Crippen LogP contribution in [0.2, 0.25) is 0 Å². The number of nitrogens with one attached hydrogen (secondary N) is 1. The highest BCUT2D eigenvalue weighted by atomic mass is 127. The molecule has 1 N–H and O–H groups in total. The largest absolute Gasteiger partial charge is 0.380 e. The summed E-state index contributed by atoms with van der Waals surface area (Å²) in [6.45, 7) is 4.99. The molecule has 0 saturated heterocycles. The highest BCUT2D eigenvalue weighted by Gasteiger charge is 2.04. The lowest BCUT2D eigenvalue weighted by atomic mass is 10.0. The smallest absolute Gasteiger partial charge is 0.124 e.